The second-order valence-electron chi connectivity index (χ2n) is 4.82. The van der Waals surface area contributed by atoms with Gasteiger partial charge < -0.3 is 21.1 Å². The summed E-state index contributed by atoms with van der Waals surface area (Å²) in [6, 6.07) is -0.00474. The van der Waals surface area contributed by atoms with Gasteiger partial charge in [0.1, 0.15) is 0 Å². The molecule has 1 saturated heterocycles. The summed E-state index contributed by atoms with van der Waals surface area (Å²) in [6.45, 7) is 5.18. The number of hydrogen-bond donors (Lipinski definition) is 3. The van der Waals surface area contributed by atoms with E-state index in [4.69, 9.17) is 10.5 Å². The Bertz CT molecular complexity index is 292. The molecule has 1 aliphatic rings. The zero-order valence-corrected chi connectivity index (χ0v) is 10.4. The van der Waals surface area contributed by atoms with Gasteiger partial charge in [0.2, 0.25) is 0 Å². The molecule has 0 aromatic carbocycles. The van der Waals surface area contributed by atoms with E-state index in [9.17, 15) is 9.59 Å². The molecule has 0 aliphatic carbocycles. The van der Waals surface area contributed by atoms with Gasteiger partial charge in [0.25, 0.3) is 0 Å². The first-order chi connectivity index (χ1) is 7.94. The van der Waals surface area contributed by atoms with Crippen molar-refractivity contribution in [2.24, 2.45) is 5.73 Å². The molecule has 6 nitrogen and oxygen atoms in total. The van der Waals surface area contributed by atoms with Gasteiger partial charge in [-0.15, -0.1) is 0 Å². The molecule has 1 atom stereocenters. The number of carbonyl (C=O) groups excluding carboxylic acids is 2. The van der Waals surface area contributed by atoms with Gasteiger partial charge in [-0.3, -0.25) is 9.59 Å². The fourth-order valence-corrected chi connectivity index (χ4v) is 1.87. The molecule has 1 heterocycles. The molecule has 17 heavy (non-hydrogen) atoms. The van der Waals surface area contributed by atoms with Crippen LogP contribution in [0.25, 0.3) is 0 Å². The van der Waals surface area contributed by atoms with Crippen molar-refractivity contribution in [3.63, 3.8) is 0 Å². The van der Waals surface area contributed by atoms with Crippen molar-refractivity contribution in [3.05, 3.63) is 0 Å². The minimum atomic E-state index is -0.625. The Morgan fingerprint density at radius 3 is 2.71 bits per heavy atom. The molecular formula is C11H21N3O3. The smallest absolute Gasteiger partial charge is 0.309 e. The molecular weight excluding hydrogens is 222 g/mol. The van der Waals surface area contributed by atoms with Crippen molar-refractivity contribution >= 4 is 11.8 Å². The Labute approximate surface area is 101 Å². The lowest BCUT2D eigenvalue weighted by molar-refractivity contribution is -0.140. The Balaban J connectivity index is 2.38. The average molecular weight is 243 g/mol. The highest BCUT2D eigenvalue weighted by Gasteiger charge is 2.30. The van der Waals surface area contributed by atoms with Crippen LogP contribution in [0.15, 0.2) is 0 Å². The van der Waals surface area contributed by atoms with Crippen molar-refractivity contribution in [1.29, 1.82) is 0 Å². The summed E-state index contributed by atoms with van der Waals surface area (Å²) in [5.41, 5.74) is 4.99. The van der Waals surface area contributed by atoms with E-state index in [1.165, 1.54) is 0 Å². The van der Waals surface area contributed by atoms with Crippen LogP contribution in [0.2, 0.25) is 0 Å². The lowest BCUT2D eigenvalue weighted by atomic mass is 9.94. The standard InChI is InChI=1S/C11H21N3O3/c1-11(2)7-8(3-6-17-11)14-10(16)9(15)13-5-4-12/h8H,3-7,12H2,1-2H3,(H,13,15)(H,14,16). The fourth-order valence-electron chi connectivity index (χ4n) is 1.87. The van der Waals surface area contributed by atoms with Crippen LogP contribution in [0.3, 0.4) is 0 Å². The second kappa shape index (κ2) is 5.97. The molecule has 6 heteroatoms. The van der Waals surface area contributed by atoms with E-state index in [1.807, 2.05) is 13.8 Å². The fraction of sp³-hybridized carbons (Fsp3) is 0.818. The van der Waals surface area contributed by atoms with Crippen molar-refractivity contribution < 1.29 is 14.3 Å². The first-order valence-corrected chi connectivity index (χ1v) is 5.87. The van der Waals surface area contributed by atoms with Crippen molar-refractivity contribution in [3.8, 4) is 0 Å². The lowest BCUT2D eigenvalue weighted by Gasteiger charge is -2.35. The highest BCUT2D eigenvalue weighted by atomic mass is 16.5. The monoisotopic (exact) mass is 243 g/mol. The number of ether oxygens (including phenoxy) is 1. The normalized spacial score (nSPS) is 22.9. The Hall–Kier alpha value is -1.14. The van der Waals surface area contributed by atoms with E-state index < -0.39 is 11.8 Å². The van der Waals surface area contributed by atoms with Gasteiger partial charge in [-0.2, -0.15) is 0 Å². The van der Waals surface area contributed by atoms with Crippen molar-refractivity contribution in [2.75, 3.05) is 19.7 Å². The van der Waals surface area contributed by atoms with E-state index >= 15 is 0 Å². The van der Waals surface area contributed by atoms with Crippen molar-refractivity contribution in [2.45, 2.75) is 38.3 Å². The molecule has 0 saturated carbocycles. The quantitative estimate of drug-likeness (QED) is 0.562. The summed E-state index contributed by atoms with van der Waals surface area (Å²) in [4.78, 5) is 22.9. The number of carbonyl (C=O) groups is 2. The maximum atomic E-state index is 11.5. The molecule has 98 valence electrons. The van der Waals surface area contributed by atoms with Gasteiger partial charge in [0.15, 0.2) is 0 Å². The highest BCUT2D eigenvalue weighted by molar-refractivity contribution is 6.35. The first-order valence-electron chi connectivity index (χ1n) is 5.87. The van der Waals surface area contributed by atoms with Gasteiger partial charge >= 0.3 is 11.8 Å². The van der Waals surface area contributed by atoms with Gasteiger partial charge in [-0.25, -0.2) is 0 Å². The zero-order valence-electron chi connectivity index (χ0n) is 10.4. The van der Waals surface area contributed by atoms with Crippen LogP contribution in [0.5, 0.6) is 0 Å². The highest BCUT2D eigenvalue weighted by Crippen LogP contribution is 2.23. The molecule has 2 amide bonds. The molecule has 1 aliphatic heterocycles. The summed E-state index contributed by atoms with van der Waals surface area (Å²) in [6.07, 6.45) is 1.45. The van der Waals surface area contributed by atoms with Crippen LogP contribution in [-0.4, -0.2) is 43.2 Å². The molecule has 0 spiro atoms. The topological polar surface area (TPSA) is 93.5 Å². The van der Waals surface area contributed by atoms with Crippen LogP contribution in [-0.2, 0) is 14.3 Å². The molecule has 4 N–H and O–H groups in total. The third kappa shape index (κ3) is 4.70. The van der Waals surface area contributed by atoms with E-state index in [1.54, 1.807) is 0 Å². The Kier molecular flexibility index (Phi) is 4.89. The summed E-state index contributed by atoms with van der Waals surface area (Å²) in [5.74, 6) is -1.22. The molecule has 1 unspecified atom stereocenters. The number of amides is 2. The summed E-state index contributed by atoms with van der Waals surface area (Å²) in [5, 5.41) is 5.15. The molecule has 0 bridgehead atoms. The maximum Gasteiger partial charge on any atom is 0.309 e. The SMILES string of the molecule is CC1(C)CC(NC(=O)C(=O)NCCN)CCO1. The third-order valence-corrected chi connectivity index (χ3v) is 2.67. The predicted octanol–water partition coefficient (Wildman–Crippen LogP) is -0.865. The van der Waals surface area contributed by atoms with Gasteiger partial charge in [-0.1, -0.05) is 0 Å². The van der Waals surface area contributed by atoms with Crippen molar-refractivity contribution in [1.82, 2.24) is 10.6 Å². The zero-order chi connectivity index (χ0) is 12.9. The van der Waals surface area contributed by atoms with Crippen LogP contribution in [0, 0.1) is 0 Å². The number of nitrogens with one attached hydrogen (secondary N) is 2. The van der Waals surface area contributed by atoms with Gasteiger partial charge in [0.05, 0.1) is 5.60 Å². The van der Waals surface area contributed by atoms with E-state index in [0.717, 1.165) is 6.42 Å². The van der Waals surface area contributed by atoms with Crippen LogP contribution >= 0.6 is 0 Å². The minimum absolute atomic E-state index is 0.00474. The largest absolute Gasteiger partial charge is 0.375 e. The minimum Gasteiger partial charge on any atom is -0.375 e. The number of hydrogen-bond acceptors (Lipinski definition) is 4. The lowest BCUT2D eigenvalue weighted by Crippen LogP contribution is -2.50. The van der Waals surface area contributed by atoms with Crippen LogP contribution in [0.4, 0.5) is 0 Å². The number of rotatable bonds is 3. The Morgan fingerprint density at radius 2 is 2.12 bits per heavy atom. The molecule has 0 radical (unpaired) electrons. The predicted molar refractivity (Wildman–Crippen MR) is 63.3 cm³/mol. The van der Waals surface area contributed by atoms with E-state index in [-0.39, 0.29) is 11.6 Å². The Morgan fingerprint density at radius 1 is 1.41 bits per heavy atom. The van der Waals surface area contributed by atoms with E-state index in [0.29, 0.717) is 26.1 Å². The van der Waals surface area contributed by atoms with Crippen LogP contribution in [0.1, 0.15) is 26.7 Å². The summed E-state index contributed by atoms with van der Waals surface area (Å²) >= 11 is 0. The van der Waals surface area contributed by atoms with Gasteiger partial charge in [-0.05, 0) is 26.7 Å². The number of nitrogens with two attached hydrogens (primary N) is 1. The molecule has 1 rings (SSSR count). The maximum absolute atomic E-state index is 11.5. The van der Waals surface area contributed by atoms with Gasteiger partial charge in [0, 0.05) is 25.7 Å². The van der Waals surface area contributed by atoms with E-state index in [2.05, 4.69) is 10.6 Å². The average Bonchev–Trinajstić information content (AvgIpc) is 2.24. The molecule has 0 aromatic rings. The first kappa shape index (κ1) is 13.9. The summed E-state index contributed by atoms with van der Waals surface area (Å²) in [7, 11) is 0. The van der Waals surface area contributed by atoms with Crippen LogP contribution < -0.4 is 16.4 Å². The second-order valence-corrected chi connectivity index (χ2v) is 4.82. The third-order valence-electron chi connectivity index (χ3n) is 2.67. The molecule has 1 fully saturated rings. The summed E-state index contributed by atoms with van der Waals surface area (Å²) < 4.78 is 5.53. The molecule has 0 aromatic heterocycles.